The van der Waals surface area contributed by atoms with Crippen molar-refractivity contribution >= 4 is 0 Å². The van der Waals surface area contributed by atoms with Crippen molar-refractivity contribution in [2.24, 2.45) is 0 Å². The molecule has 1 heterocycles. The summed E-state index contributed by atoms with van der Waals surface area (Å²) in [6.45, 7) is 5.14. The van der Waals surface area contributed by atoms with Crippen LogP contribution in [-0.2, 0) is 0 Å². The molecule has 0 spiro atoms. The highest BCUT2D eigenvalue weighted by molar-refractivity contribution is 5.31. The second-order valence-electron chi connectivity index (χ2n) is 4.63. The number of halogens is 1. The third-order valence-electron chi connectivity index (χ3n) is 2.97. The van der Waals surface area contributed by atoms with Crippen LogP contribution in [0.25, 0.3) is 0 Å². The number of pyridine rings is 1. The number of ether oxygens (including phenoxy) is 1. The molecule has 0 aliphatic heterocycles. The average Bonchev–Trinajstić information content (AvgIpc) is 2.48. The van der Waals surface area contributed by atoms with Gasteiger partial charge in [-0.15, -0.1) is 0 Å². The van der Waals surface area contributed by atoms with Crippen LogP contribution in [0.5, 0.6) is 11.5 Å². The number of hydrogen-bond donors (Lipinski definition) is 1. The molecular weight excluding hydrogens is 255 g/mol. The SMILES string of the molecule is CCCNC(C)c1ccc(Oc2ccccc2F)cn1. The van der Waals surface area contributed by atoms with Gasteiger partial charge in [0.2, 0.25) is 0 Å². The Kier molecular flexibility index (Phi) is 5.07. The lowest BCUT2D eigenvalue weighted by molar-refractivity contribution is 0.439. The van der Waals surface area contributed by atoms with Crippen LogP contribution in [0, 0.1) is 5.82 Å². The minimum absolute atomic E-state index is 0.192. The minimum Gasteiger partial charge on any atom is -0.453 e. The third-order valence-corrected chi connectivity index (χ3v) is 2.97. The lowest BCUT2D eigenvalue weighted by atomic mass is 10.2. The van der Waals surface area contributed by atoms with E-state index in [-0.39, 0.29) is 17.6 Å². The van der Waals surface area contributed by atoms with Gasteiger partial charge in [0.25, 0.3) is 0 Å². The van der Waals surface area contributed by atoms with Crippen LogP contribution in [0.3, 0.4) is 0 Å². The normalized spacial score (nSPS) is 12.2. The highest BCUT2D eigenvalue weighted by Gasteiger charge is 2.07. The molecule has 0 radical (unpaired) electrons. The van der Waals surface area contributed by atoms with Crippen molar-refractivity contribution in [2.75, 3.05) is 6.54 Å². The Hall–Kier alpha value is -1.94. The molecule has 1 N–H and O–H groups in total. The summed E-state index contributed by atoms with van der Waals surface area (Å²) < 4.78 is 18.9. The maximum atomic E-state index is 13.5. The second-order valence-corrected chi connectivity index (χ2v) is 4.63. The van der Waals surface area contributed by atoms with Gasteiger partial charge >= 0.3 is 0 Å². The van der Waals surface area contributed by atoms with Crippen molar-refractivity contribution in [3.63, 3.8) is 0 Å². The summed E-state index contributed by atoms with van der Waals surface area (Å²) in [7, 11) is 0. The van der Waals surface area contributed by atoms with Gasteiger partial charge in [0.1, 0.15) is 5.75 Å². The van der Waals surface area contributed by atoms with Gasteiger partial charge in [-0.2, -0.15) is 0 Å². The zero-order valence-corrected chi connectivity index (χ0v) is 11.8. The van der Waals surface area contributed by atoms with Crippen molar-refractivity contribution in [3.8, 4) is 11.5 Å². The van der Waals surface area contributed by atoms with E-state index in [1.165, 1.54) is 6.07 Å². The van der Waals surface area contributed by atoms with Crippen LogP contribution in [0.4, 0.5) is 4.39 Å². The Balaban J connectivity index is 2.03. The Bertz CT molecular complexity index is 542. The molecule has 0 aliphatic carbocycles. The van der Waals surface area contributed by atoms with Crippen LogP contribution in [0.15, 0.2) is 42.6 Å². The molecule has 1 atom stereocenters. The quantitative estimate of drug-likeness (QED) is 0.862. The molecule has 1 aromatic carbocycles. The van der Waals surface area contributed by atoms with Gasteiger partial charge in [-0.05, 0) is 44.2 Å². The van der Waals surface area contributed by atoms with E-state index in [1.54, 1.807) is 30.5 Å². The predicted molar refractivity (Wildman–Crippen MR) is 77.4 cm³/mol. The van der Waals surface area contributed by atoms with Gasteiger partial charge in [-0.3, -0.25) is 4.98 Å². The molecule has 1 aromatic heterocycles. The fourth-order valence-electron chi connectivity index (χ4n) is 1.83. The van der Waals surface area contributed by atoms with Gasteiger partial charge in [-0.1, -0.05) is 19.1 Å². The van der Waals surface area contributed by atoms with Crippen LogP contribution in [0.1, 0.15) is 32.0 Å². The maximum absolute atomic E-state index is 13.5. The third kappa shape index (κ3) is 3.78. The number of aromatic nitrogens is 1. The molecular formula is C16H19FN2O. The first-order valence-corrected chi connectivity index (χ1v) is 6.82. The van der Waals surface area contributed by atoms with Gasteiger partial charge in [0, 0.05) is 6.04 Å². The molecule has 3 nitrogen and oxygen atoms in total. The topological polar surface area (TPSA) is 34.1 Å². The Morgan fingerprint density at radius 2 is 2.05 bits per heavy atom. The summed E-state index contributed by atoms with van der Waals surface area (Å²) in [5, 5.41) is 3.36. The molecule has 20 heavy (non-hydrogen) atoms. The Morgan fingerprint density at radius 1 is 1.25 bits per heavy atom. The van der Waals surface area contributed by atoms with Crippen molar-refractivity contribution in [1.82, 2.24) is 10.3 Å². The van der Waals surface area contributed by atoms with E-state index in [9.17, 15) is 4.39 Å². The summed E-state index contributed by atoms with van der Waals surface area (Å²) in [5.41, 5.74) is 0.944. The first-order valence-electron chi connectivity index (χ1n) is 6.82. The Labute approximate surface area is 118 Å². The molecule has 0 bridgehead atoms. The van der Waals surface area contributed by atoms with Gasteiger partial charge in [0.05, 0.1) is 11.9 Å². The van der Waals surface area contributed by atoms with Crippen LogP contribution >= 0.6 is 0 Å². The zero-order chi connectivity index (χ0) is 14.4. The van der Waals surface area contributed by atoms with E-state index < -0.39 is 0 Å². The first-order chi connectivity index (χ1) is 9.70. The van der Waals surface area contributed by atoms with E-state index in [4.69, 9.17) is 4.74 Å². The van der Waals surface area contributed by atoms with Crippen molar-refractivity contribution < 1.29 is 9.13 Å². The Morgan fingerprint density at radius 3 is 2.70 bits per heavy atom. The number of nitrogens with one attached hydrogen (secondary N) is 1. The van der Waals surface area contributed by atoms with E-state index in [1.807, 2.05) is 6.07 Å². The van der Waals surface area contributed by atoms with Gasteiger partial charge in [-0.25, -0.2) is 4.39 Å². The summed E-state index contributed by atoms with van der Waals surface area (Å²) in [6.07, 6.45) is 2.70. The van der Waals surface area contributed by atoms with E-state index in [0.29, 0.717) is 5.75 Å². The summed E-state index contributed by atoms with van der Waals surface area (Å²) in [6, 6.07) is 10.2. The number of nitrogens with zero attached hydrogens (tertiary/aromatic N) is 1. The molecule has 1 unspecified atom stereocenters. The number of benzene rings is 1. The molecule has 0 saturated heterocycles. The molecule has 0 aliphatic rings. The van der Waals surface area contributed by atoms with Crippen LogP contribution in [0.2, 0.25) is 0 Å². The molecule has 0 saturated carbocycles. The lowest BCUT2D eigenvalue weighted by Gasteiger charge is -2.13. The van der Waals surface area contributed by atoms with Gasteiger partial charge in [0.15, 0.2) is 11.6 Å². The van der Waals surface area contributed by atoms with Gasteiger partial charge < -0.3 is 10.1 Å². The zero-order valence-electron chi connectivity index (χ0n) is 11.8. The number of para-hydroxylation sites is 1. The monoisotopic (exact) mass is 274 g/mol. The molecule has 106 valence electrons. The predicted octanol–water partition coefficient (Wildman–Crippen LogP) is 4.07. The molecule has 4 heteroatoms. The van der Waals surface area contributed by atoms with Crippen molar-refractivity contribution in [2.45, 2.75) is 26.3 Å². The fourth-order valence-corrected chi connectivity index (χ4v) is 1.83. The van der Waals surface area contributed by atoms with E-state index in [0.717, 1.165) is 18.7 Å². The number of rotatable bonds is 6. The fraction of sp³-hybridized carbons (Fsp3) is 0.312. The molecule has 0 amide bonds. The highest BCUT2D eigenvalue weighted by Crippen LogP contribution is 2.24. The lowest BCUT2D eigenvalue weighted by Crippen LogP contribution is -2.20. The molecule has 0 fully saturated rings. The first kappa shape index (κ1) is 14.5. The maximum Gasteiger partial charge on any atom is 0.165 e. The molecule has 2 aromatic rings. The largest absolute Gasteiger partial charge is 0.453 e. The van der Waals surface area contributed by atoms with E-state index >= 15 is 0 Å². The standard InChI is InChI=1S/C16H19FN2O/c1-3-10-18-12(2)15-9-8-13(11-19-15)20-16-7-5-4-6-14(16)17/h4-9,11-12,18H,3,10H2,1-2H3. The smallest absolute Gasteiger partial charge is 0.165 e. The highest BCUT2D eigenvalue weighted by atomic mass is 19.1. The van der Waals surface area contributed by atoms with E-state index in [2.05, 4.69) is 24.1 Å². The van der Waals surface area contributed by atoms with Crippen LogP contribution in [-0.4, -0.2) is 11.5 Å². The summed E-state index contributed by atoms with van der Waals surface area (Å²) >= 11 is 0. The summed E-state index contributed by atoms with van der Waals surface area (Å²) in [5.74, 6) is 0.357. The minimum atomic E-state index is -0.380. The second kappa shape index (κ2) is 7.01. The van der Waals surface area contributed by atoms with Crippen molar-refractivity contribution in [3.05, 3.63) is 54.1 Å². The summed E-state index contributed by atoms with van der Waals surface area (Å²) in [4.78, 5) is 4.35. The van der Waals surface area contributed by atoms with Crippen LogP contribution < -0.4 is 10.1 Å². The van der Waals surface area contributed by atoms with Crippen molar-refractivity contribution in [1.29, 1.82) is 0 Å². The molecule has 2 rings (SSSR count). The number of hydrogen-bond acceptors (Lipinski definition) is 3. The average molecular weight is 274 g/mol.